The lowest BCUT2D eigenvalue weighted by Crippen LogP contribution is -2.29. The first-order valence-corrected chi connectivity index (χ1v) is 5.54. The molecular formula is C8H19NO2S. The molecule has 2 atom stereocenters. The second kappa shape index (κ2) is 6.57. The van der Waals surface area contributed by atoms with Gasteiger partial charge in [0, 0.05) is 13.1 Å². The summed E-state index contributed by atoms with van der Waals surface area (Å²) in [4.78, 5) is 0. The standard InChI is InChI=1S/C8H19NO2S/c1-4-6-8(3)7-9(5-2)12(10)11/h8H,4-7H2,1-3H3,(H,10,11). The first-order chi connectivity index (χ1) is 5.61. The largest absolute Gasteiger partial charge is 0.294 e. The molecule has 0 rings (SSSR count). The molecule has 0 amide bonds. The molecule has 0 heterocycles. The summed E-state index contributed by atoms with van der Waals surface area (Å²) in [5, 5.41) is 0. The molecule has 3 nitrogen and oxygen atoms in total. The van der Waals surface area contributed by atoms with Gasteiger partial charge in [0.25, 0.3) is 0 Å². The molecule has 0 saturated heterocycles. The van der Waals surface area contributed by atoms with Gasteiger partial charge in [0.2, 0.25) is 11.3 Å². The highest BCUT2D eigenvalue weighted by molar-refractivity contribution is 7.76. The Morgan fingerprint density at radius 2 is 2.08 bits per heavy atom. The van der Waals surface area contributed by atoms with Crippen molar-refractivity contribution in [2.45, 2.75) is 33.6 Å². The van der Waals surface area contributed by atoms with Gasteiger partial charge in [-0.25, -0.2) is 8.51 Å². The summed E-state index contributed by atoms with van der Waals surface area (Å²) in [5.74, 6) is 0.506. The van der Waals surface area contributed by atoms with E-state index in [0.29, 0.717) is 19.0 Å². The van der Waals surface area contributed by atoms with Gasteiger partial charge in [0.15, 0.2) is 0 Å². The second-order valence-corrected chi connectivity index (χ2v) is 4.08. The third-order valence-electron chi connectivity index (χ3n) is 1.87. The average molecular weight is 193 g/mol. The van der Waals surface area contributed by atoms with Crippen LogP contribution in [0.1, 0.15) is 33.6 Å². The van der Waals surface area contributed by atoms with Gasteiger partial charge in [-0.2, -0.15) is 0 Å². The zero-order valence-electron chi connectivity index (χ0n) is 8.12. The third-order valence-corrected chi connectivity index (χ3v) is 2.72. The summed E-state index contributed by atoms with van der Waals surface area (Å²) in [6.45, 7) is 7.49. The van der Waals surface area contributed by atoms with Crippen molar-refractivity contribution in [3.63, 3.8) is 0 Å². The fourth-order valence-corrected chi connectivity index (χ4v) is 1.84. The monoisotopic (exact) mass is 193 g/mol. The van der Waals surface area contributed by atoms with Crippen LogP contribution in [0, 0.1) is 5.92 Å². The van der Waals surface area contributed by atoms with Gasteiger partial charge in [-0.3, -0.25) is 4.55 Å². The van der Waals surface area contributed by atoms with E-state index in [2.05, 4.69) is 13.8 Å². The molecule has 0 radical (unpaired) electrons. The summed E-state index contributed by atoms with van der Waals surface area (Å²) in [6.07, 6.45) is 2.25. The van der Waals surface area contributed by atoms with Crippen molar-refractivity contribution >= 4 is 11.3 Å². The number of nitrogens with zero attached hydrogens (tertiary/aromatic N) is 1. The fraction of sp³-hybridized carbons (Fsp3) is 1.00. The topological polar surface area (TPSA) is 40.5 Å². The molecule has 0 aromatic heterocycles. The maximum Gasteiger partial charge on any atom is 0.234 e. The van der Waals surface area contributed by atoms with Crippen LogP contribution in [-0.4, -0.2) is 26.2 Å². The van der Waals surface area contributed by atoms with Crippen molar-refractivity contribution in [2.75, 3.05) is 13.1 Å². The first kappa shape index (κ1) is 12.1. The Morgan fingerprint density at radius 1 is 1.50 bits per heavy atom. The lowest BCUT2D eigenvalue weighted by Gasteiger charge is -2.19. The molecule has 12 heavy (non-hydrogen) atoms. The minimum Gasteiger partial charge on any atom is -0.294 e. The van der Waals surface area contributed by atoms with E-state index in [0.717, 1.165) is 12.8 Å². The molecule has 1 N–H and O–H groups in total. The van der Waals surface area contributed by atoms with Crippen LogP contribution in [0.5, 0.6) is 0 Å². The van der Waals surface area contributed by atoms with E-state index in [-0.39, 0.29) is 0 Å². The van der Waals surface area contributed by atoms with Gasteiger partial charge in [-0.1, -0.05) is 27.2 Å². The second-order valence-electron chi connectivity index (χ2n) is 3.11. The van der Waals surface area contributed by atoms with E-state index >= 15 is 0 Å². The minimum absolute atomic E-state index is 0.506. The van der Waals surface area contributed by atoms with Crippen LogP contribution in [0.15, 0.2) is 0 Å². The molecule has 4 heteroatoms. The zero-order chi connectivity index (χ0) is 9.56. The Labute approximate surface area is 77.6 Å². The van der Waals surface area contributed by atoms with Crippen molar-refractivity contribution < 1.29 is 8.76 Å². The molecule has 2 unspecified atom stereocenters. The SMILES string of the molecule is CCCC(C)CN(CC)S(=O)O. The van der Waals surface area contributed by atoms with E-state index < -0.39 is 11.3 Å². The van der Waals surface area contributed by atoms with E-state index in [1.54, 1.807) is 4.31 Å². The van der Waals surface area contributed by atoms with Gasteiger partial charge in [-0.15, -0.1) is 0 Å². The lowest BCUT2D eigenvalue weighted by molar-refractivity contribution is 0.345. The van der Waals surface area contributed by atoms with Crippen LogP contribution >= 0.6 is 0 Å². The summed E-state index contributed by atoms with van der Waals surface area (Å²) < 4.78 is 21.1. The highest BCUT2D eigenvalue weighted by atomic mass is 32.2. The van der Waals surface area contributed by atoms with Crippen LogP contribution in [0.4, 0.5) is 0 Å². The van der Waals surface area contributed by atoms with Crippen LogP contribution in [0.2, 0.25) is 0 Å². The summed E-state index contributed by atoms with van der Waals surface area (Å²) in [6, 6.07) is 0. The predicted octanol–water partition coefficient (Wildman–Crippen LogP) is 1.88. The fourth-order valence-electron chi connectivity index (χ4n) is 1.24. The smallest absolute Gasteiger partial charge is 0.234 e. The molecule has 0 aromatic rings. The van der Waals surface area contributed by atoms with Crippen LogP contribution < -0.4 is 0 Å². The van der Waals surface area contributed by atoms with Gasteiger partial charge in [0.1, 0.15) is 0 Å². The number of hydrogen-bond acceptors (Lipinski definition) is 1. The molecule has 74 valence electrons. The van der Waals surface area contributed by atoms with E-state index in [1.807, 2.05) is 6.92 Å². The normalized spacial score (nSPS) is 16.4. The number of rotatable bonds is 6. The Balaban J connectivity index is 3.77. The molecule has 0 spiro atoms. The lowest BCUT2D eigenvalue weighted by atomic mass is 10.1. The summed E-state index contributed by atoms with van der Waals surface area (Å²) in [7, 11) is 0. The molecule has 0 aromatic carbocycles. The van der Waals surface area contributed by atoms with Crippen LogP contribution in [0.25, 0.3) is 0 Å². The third kappa shape index (κ3) is 4.85. The highest BCUT2D eigenvalue weighted by Gasteiger charge is 2.11. The van der Waals surface area contributed by atoms with E-state index in [1.165, 1.54) is 0 Å². The van der Waals surface area contributed by atoms with E-state index in [4.69, 9.17) is 4.55 Å². The summed E-state index contributed by atoms with van der Waals surface area (Å²) in [5.41, 5.74) is 0. The first-order valence-electron chi connectivity index (χ1n) is 4.47. The maximum atomic E-state index is 10.7. The molecular weight excluding hydrogens is 174 g/mol. The molecule has 0 aliphatic heterocycles. The van der Waals surface area contributed by atoms with Crippen molar-refractivity contribution in [1.29, 1.82) is 0 Å². The molecule has 0 aliphatic rings. The van der Waals surface area contributed by atoms with Crippen molar-refractivity contribution in [3.05, 3.63) is 0 Å². The molecule has 0 bridgehead atoms. The maximum absolute atomic E-state index is 10.7. The van der Waals surface area contributed by atoms with Gasteiger partial charge < -0.3 is 0 Å². The van der Waals surface area contributed by atoms with Crippen molar-refractivity contribution in [2.24, 2.45) is 5.92 Å². The Kier molecular flexibility index (Phi) is 6.61. The Bertz CT molecular complexity index is 141. The summed E-state index contributed by atoms with van der Waals surface area (Å²) >= 11 is -1.79. The van der Waals surface area contributed by atoms with Crippen molar-refractivity contribution in [1.82, 2.24) is 4.31 Å². The number of hydrogen-bond donors (Lipinski definition) is 1. The van der Waals surface area contributed by atoms with E-state index in [9.17, 15) is 4.21 Å². The van der Waals surface area contributed by atoms with Gasteiger partial charge in [0.05, 0.1) is 0 Å². The predicted molar refractivity (Wildman–Crippen MR) is 52.1 cm³/mol. The molecule has 0 saturated carbocycles. The van der Waals surface area contributed by atoms with Crippen LogP contribution in [0.3, 0.4) is 0 Å². The zero-order valence-corrected chi connectivity index (χ0v) is 8.93. The minimum atomic E-state index is -1.79. The Hall–Kier alpha value is 0.0700. The molecule has 0 fully saturated rings. The van der Waals surface area contributed by atoms with Gasteiger partial charge in [-0.05, 0) is 12.3 Å². The van der Waals surface area contributed by atoms with Crippen LogP contribution in [-0.2, 0) is 11.3 Å². The van der Waals surface area contributed by atoms with Gasteiger partial charge >= 0.3 is 0 Å². The average Bonchev–Trinajstić information content (AvgIpc) is 2.00. The highest BCUT2D eigenvalue weighted by Crippen LogP contribution is 2.07. The van der Waals surface area contributed by atoms with Crippen molar-refractivity contribution in [3.8, 4) is 0 Å². The molecule has 0 aliphatic carbocycles. The Morgan fingerprint density at radius 3 is 2.42 bits per heavy atom. The quantitative estimate of drug-likeness (QED) is 0.654.